The van der Waals surface area contributed by atoms with Crippen molar-refractivity contribution in [3.63, 3.8) is 0 Å². The molecular weight excluding hydrogens is 524 g/mol. The molecule has 0 unspecified atom stereocenters. The first-order valence-electron chi connectivity index (χ1n) is 7.94. The van der Waals surface area contributed by atoms with Gasteiger partial charge in [-0.2, -0.15) is 0 Å². The predicted octanol–water partition coefficient (Wildman–Crippen LogP) is -1.92. The number of amides is 1. The van der Waals surface area contributed by atoms with E-state index < -0.39 is 26.9 Å². The van der Waals surface area contributed by atoms with E-state index >= 15 is 0 Å². The average Bonchev–Trinajstić information content (AvgIpc) is 2.97. The summed E-state index contributed by atoms with van der Waals surface area (Å²) in [6.07, 6.45) is 7.68. The third-order valence-electron chi connectivity index (χ3n) is 3.92. The zero-order chi connectivity index (χ0) is 16.3. The molecular formula is C18H26Cl2HfNOSi. The molecule has 131 valence electrons. The largest absolute Gasteiger partial charge is 1.00 e. The number of nitrogens with one attached hydrogen (secondary N) is 1. The SMILES string of the molecule is C[SiH](C)[Hf+2]([NH]C(=O)c1ccccc1C(C)(C)C)[C]1=CC=CC1.[Cl-].[Cl-]. The average molecular weight is 550 g/mol. The Labute approximate surface area is 167 Å². The van der Waals surface area contributed by atoms with Crippen LogP contribution in [0.4, 0.5) is 0 Å². The van der Waals surface area contributed by atoms with Gasteiger partial charge in [0.2, 0.25) is 0 Å². The molecule has 2 nitrogen and oxygen atoms in total. The van der Waals surface area contributed by atoms with Crippen molar-refractivity contribution in [2.45, 2.75) is 45.7 Å². The molecule has 0 bridgehead atoms. The quantitative estimate of drug-likeness (QED) is 0.436. The van der Waals surface area contributed by atoms with Gasteiger partial charge in [0.1, 0.15) is 0 Å². The van der Waals surface area contributed by atoms with Gasteiger partial charge in [-0.1, -0.05) is 0 Å². The van der Waals surface area contributed by atoms with Crippen molar-refractivity contribution in [2.24, 2.45) is 0 Å². The van der Waals surface area contributed by atoms with Gasteiger partial charge in [-0.15, -0.1) is 0 Å². The fraction of sp³-hybridized carbons (Fsp3) is 0.389. The second kappa shape index (κ2) is 10.1. The van der Waals surface area contributed by atoms with Crippen molar-refractivity contribution in [2.75, 3.05) is 0 Å². The molecule has 1 aromatic carbocycles. The number of allylic oxidation sites excluding steroid dienone is 4. The Morgan fingerprint density at radius 3 is 2.29 bits per heavy atom. The fourth-order valence-electron chi connectivity index (χ4n) is 2.77. The van der Waals surface area contributed by atoms with Crippen LogP contribution < -0.4 is 28.1 Å². The Kier molecular flexibility index (Phi) is 10.0. The van der Waals surface area contributed by atoms with Crippen molar-refractivity contribution >= 4 is 11.9 Å². The maximum atomic E-state index is 12.9. The number of carbonyl (C=O) groups excluding carboxylic acids is 1. The van der Waals surface area contributed by atoms with Crippen molar-refractivity contribution < 1.29 is 50.5 Å². The Morgan fingerprint density at radius 2 is 1.79 bits per heavy atom. The molecule has 0 spiro atoms. The summed E-state index contributed by atoms with van der Waals surface area (Å²) in [6, 6.07) is 8.06. The third kappa shape index (κ3) is 5.97. The van der Waals surface area contributed by atoms with Crippen LogP contribution in [0.5, 0.6) is 0 Å². The Balaban J connectivity index is 0.00000264. The molecule has 0 heterocycles. The molecule has 0 aromatic heterocycles. The second-order valence-electron chi connectivity index (χ2n) is 7.14. The summed E-state index contributed by atoms with van der Waals surface area (Å²) in [7, 11) is 0. The first kappa shape index (κ1) is 23.8. The van der Waals surface area contributed by atoms with Crippen molar-refractivity contribution in [3.8, 4) is 0 Å². The van der Waals surface area contributed by atoms with Gasteiger partial charge in [0.15, 0.2) is 0 Å². The van der Waals surface area contributed by atoms with Gasteiger partial charge in [0.05, 0.1) is 0 Å². The Bertz CT molecular complexity index is 624. The molecule has 0 radical (unpaired) electrons. The molecule has 6 heteroatoms. The van der Waals surface area contributed by atoms with Gasteiger partial charge in [0.25, 0.3) is 0 Å². The molecule has 1 aliphatic rings. The number of hydrogen-bond acceptors (Lipinski definition) is 1. The molecule has 1 N–H and O–H groups in total. The number of hydrogen-bond donors (Lipinski definition) is 1. The van der Waals surface area contributed by atoms with E-state index in [1.165, 1.54) is 0 Å². The first-order chi connectivity index (χ1) is 10.3. The van der Waals surface area contributed by atoms with E-state index in [4.69, 9.17) is 0 Å². The molecule has 24 heavy (non-hydrogen) atoms. The molecule has 1 aliphatic carbocycles. The minimum atomic E-state index is -2.15. The zero-order valence-corrected chi connectivity index (χ0v) is 21.2. The van der Waals surface area contributed by atoms with Crippen molar-refractivity contribution in [3.05, 3.63) is 57.0 Å². The summed E-state index contributed by atoms with van der Waals surface area (Å²) >= 11 is -2.15. The number of benzene rings is 1. The van der Waals surface area contributed by atoms with Crippen LogP contribution in [0.15, 0.2) is 45.8 Å². The molecule has 1 aromatic rings. The van der Waals surface area contributed by atoms with Crippen LogP contribution in [0.25, 0.3) is 0 Å². The topological polar surface area (TPSA) is 29.1 Å². The maximum absolute atomic E-state index is 12.9. The van der Waals surface area contributed by atoms with Crippen LogP contribution in [-0.4, -0.2) is 11.9 Å². The van der Waals surface area contributed by atoms with E-state index in [-0.39, 0.29) is 36.1 Å². The van der Waals surface area contributed by atoms with Crippen LogP contribution in [0, 0.1) is 0 Å². The van der Waals surface area contributed by atoms with E-state index in [0.29, 0.717) is 0 Å². The number of halogens is 2. The summed E-state index contributed by atoms with van der Waals surface area (Å²) in [5.41, 5.74) is 1.99. The Hall–Kier alpha value is -0.163. The van der Waals surface area contributed by atoms with Gasteiger partial charge in [-0.25, -0.2) is 0 Å². The van der Waals surface area contributed by atoms with Crippen LogP contribution in [-0.2, 0) is 26.3 Å². The molecule has 0 saturated carbocycles. The fourth-order valence-corrected chi connectivity index (χ4v) is 21.9. The van der Waals surface area contributed by atoms with Crippen molar-refractivity contribution in [1.29, 1.82) is 0 Å². The molecule has 0 atom stereocenters. The van der Waals surface area contributed by atoms with Crippen LogP contribution in [0.1, 0.15) is 43.1 Å². The van der Waals surface area contributed by atoms with Gasteiger partial charge in [0, 0.05) is 0 Å². The van der Waals surface area contributed by atoms with E-state index in [2.05, 4.69) is 61.5 Å². The Morgan fingerprint density at radius 1 is 1.17 bits per heavy atom. The van der Waals surface area contributed by atoms with Crippen molar-refractivity contribution in [1.82, 2.24) is 3.30 Å². The zero-order valence-electron chi connectivity index (χ0n) is 15.0. The van der Waals surface area contributed by atoms with Crippen LogP contribution in [0.2, 0.25) is 13.1 Å². The van der Waals surface area contributed by atoms with E-state index in [1.54, 1.807) is 3.33 Å². The summed E-state index contributed by atoms with van der Waals surface area (Å²) in [6.45, 7) is 11.3. The summed E-state index contributed by atoms with van der Waals surface area (Å²) < 4.78 is 5.08. The van der Waals surface area contributed by atoms with E-state index in [9.17, 15) is 4.79 Å². The van der Waals surface area contributed by atoms with Gasteiger partial charge < -0.3 is 24.8 Å². The molecule has 0 fully saturated rings. The van der Waals surface area contributed by atoms with Crippen LogP contribution in [0.3, 0.4) is 0 Å². The maximum Gasteiger partial charge on any atom is -1.00 e. The number of carbonyl (C=O) groups is 1. The third-order valence-corrected chi connectivity index (χ3v) is 27.3. The monoisotopic (exact) mass is 550 g/mol. The van der Waals surface area contributed by atoms with Gasteiger partial charge in [-0.3, -0.25) is 0 Å². The normalized spacial score (nSPS) is 13.0. The molecule has 1 amide bonds. The second-order valence-corrected chi connectivity index (χ2v) is 32.8. The summed E-state index contributed by atoms with van der Waals surface area (Å²) in [5.74, 6) is -0.649. The first-order valence-corrected chi connectivity index (χ1v) is 20.6. The minimum absolute atomic E-state index is 0. The summed E-state index contributed by atoms with van der Waals surface area (Å²) in [5, 5.41) is 0. The molecule has 2 rings (SSSR count). The molecule has 0 aliphatic heterocycles. The smallest absolute Gasteiger partial charge is 1.00 e. The number of rotatable bonds is 4. The van der Waals surface area contributed by atoms with E-state index in [0.717, 1.165) is 17.5 Å². The predicted molar refractivity (Wildman–Crippen MR) is 93.3 cm³/mol. The van der Waals surface area contributed by atoms with Gasteiger partial charge >= 0.3 is 144 Å². The van der Waals surface area contributed by atoms with Gasteiger partial charge in [-0.05, 0) is 0 Å². The summed E-state index contributed by atoms with van der Waals surface area (Å²) in [4.78, 5) is 12.9. The molecule has 0 saturated heterocycles. The minimum Gasteiger partial charge on any atom is -1.00 e. The van der Waals surface area contributed by atoms with Crippen LogP contribution >= 0.6 is 0 Å². The van der Waals surface area contributed by atoms with E-state index in [1.807, 2.05) is 18.2 Å². The standard InChI is InChI=1S/C11H15NO.C5H5.C2H7Si.2ClH.Hf/c1-11(2,3)9-7-5-4-6-8(9)10(12)13;1-2-4-5-3-1;1-3-2;;;/h4-7H,1-3H3,(H2,12,13);1-3H,4H2;3H,1-2H3;2*1H;/q;;;;;+3/p-3.